The zero-order valence-corrected chi connectivity index (χ0v) is 14.2. The summed E-state index contributed by atoms with van der Waals surface area (Å²) < 4.78 is 12.9. The summed E-state index contributed by atoms with van der Waals surface area (Å²) in [6, 6.07) is 10.2. The van der Waals surface area contributed by atoms with Crippen molar-refractivity contribution in [2.75, 3.05) is 12.3 Å². The lowest BCUT2D eigenvalue weighted by molar-refractivity contribution is 0.153. The van der Waals surface area contributed by atoms with E-state index in [2.05, 4.69) is 34.2 Å². The maximum Gasteiger partial charge on any atom is 0.138 e. The first-order chi connectivity index (χ1) is 10.3. The lowest BCUT2D eigenvalue weighted by Gasteiger charge is -2.31. The molecule has 0 saturated carbocycles. The van der Waals surface area contributed by atoms with Crippen molar-refractivity contribution >= 4 is 27.7 Å². The van der Waals surface area contributed by atoms with Gasteiger partial charge >= 0.3 is 0 Å². The molecule has 21 heavy (non-hydrogen) atoms. The smallest absolute Gasteiger partial charge is 0.138 e. The van der Waals surface area contributed by atoms with Gasteiger partial charge in [0.15, 0.2) is 0 Å². The van der Waals surface area contributed by atoms with Crippen molar-refractivity contribution in [3.05, 3.63) is 46.8 Å². The summed E-state index contributed by atoms with van der Waals surface area (Å²) in [4.78, 5) is 1.21. The monoisotopic (exact) mass is 367 g/mol. The molecular formula is C16H18BrNO2S. The fourth-order valence-corrected chi connectivity index (χ4v) is 3.91. The lowest BCUT2D eigenvalue weighted by atomic mass is 10.1. The number of hydrogen-bond donors (Lipinski definition) is 1. The highest BCUT2D eigenvalue weighted by molar-refractivity contribution is 9.10. The second-order valence-electron chi connectivity index (χ2n) is 4.98. The maximum absolute atomic E-state index is 6.21. The Kier molecular flexibility index (Phi) is 4.93. The van der Waals surface area contributed by atoms with Crippen molar-refractivity contribution in [1.82, 2.24) is 5.32 Å². The fourth-order valence-electron chi connectivity index (χ4n) is 2.42. The third kappa shape index (κ3) is 3.30. The average Bonchev–Trinajstić information content (AvgIpc) is 2.94. The van der Waals surface area contributed by atoms with Crippen LogP contribution in [-0.2, 0) is 0 Å². The number of ether oxygens (including phenoxy) is 1. The van der Waals surface area contributed by atoms with Gasteiger partial charge in [-0.05, 0) is 47.1 Å². The standard InChI is InChI=1S/C16H18BrNO2S/c1-2-8-18-15(16-11(17)7-9-19-16)13-10-21-14-6-4-3-5-12(14)20-13/h3-7,9,13,15,18H,2,8,10H2,1H3. The molecule has 2 unspecified atom stereocenters. The Hall–Kier alpha value is -0.910. The molecule has 2 heterocycles. The van der Waals surface area contributed by atoms with Gasteiger partial charge in [0.05, 0.1) is 10.7 Å². The summed E-state index contributed by atoms with van der Waals surface area (Å²) in [6.45, 7) is 3.09. The summed E-state index contributed by atoms with van der Waals surface area (Å²) in [5.74, 6) is 2.78. The first-order valence-electron chi connectivity index (χ1n) is 7.14. The van der Waals surface area contributed by atoms with Gasteiger partial charge in [-0.1, -0.05) is 19.1 Å². The zero-order valence-electron chi connectivity index (χ0n) is 11.8. The van der Waals surface area contributed by atoms with Crippen LogP contribution in [0.4, 0.5) is 0 Å². The van der Waals surface area contributed by atoms with Crippen molar-refractivity contribution in [2.24, 2.45) is 0 Å². The van der Waals surface area contributed by atoms with Crippen LogP contribution >= 0.6 is 27.7 Å². The molecule has 1 aromatic heterocycles. The number of thioether (sulfide) groups is 1. The molecule has 2 atom stereocenters. The maximum atomic E-state index is 6.21. The molecule has 0 bridgehead atoms. The summed E-state index contributed by atoms with van der Waals surface area (Å²) in [5.41, 5.74) is 0. The van der Waals surface area contributed by atoms with Gasteiger partial charge in [-0.2, -0.15) is 0 Å². The number of hydrogen-bond acceptors (Lipinski definition) is 4. The van der Waals surface area contributed by atoms with Crippen LogP contribution in [0.1, 0.15) is 25.1 Å². The highest BCUT2D eigenvalue weighted by atomic mass is 79.9. The van der Waals surface area contributed by atoms with Gasteiger partial charge in [-0.15, -0.1) is 11.8 Å². The second-order valence-corrected chi connectivity index (χ2v) is 6.89. The van der Waals surface area contributed by atoms with Gasteiger partial charge in [-0.3, -0.25) is 0 Å². The minimum absolute atomic E-state index is 0.0511. The number of fused-ring (bicyclic) bond motifs is 1. The topological polar surface area (TPSA) is 34.4 Å². The van der Waals surface area contributed by atoms with Gasteiger partial charge in [0.25, 0.3) is 0 Å². The van der Waals surface area contributed by atoms with E-state index in [4.69, 9.17) is 9.15 Å². The predicted molar refractivity (Wildman–Crippen MR) is 89.0 cm³/mol. The Bertz CT molecular complexity index is 601. The van der Waals surface area contributed by atoms with Crippen molar-refractivity contribution in [1.29, 1.82) is 0 Å². The van der Waals surface area contributed by atoms with Gasteiger partial charge in [-0.25, -0.2) is 0 Å². The highest BCUT2D eigenvalue weighted by Crippen LogP contribution is 2.39. The molecule has 1 aliphatic rings. The average molecular weight is 368 g/mol. The number of rotatable bonds is 5. The van der Waals surface area contributed by atoms with Crippen LogP contribution in [-0.4, -0.2) is 18.4 Å². The lowest BCUT2D eigenvalue weighted by Crippen LogP contribution is -2.39. The Labute approximate surface area is 137 Å². The van der Waals surface area contributed by atoms with Gasteiger partial charge in [0.1, 0.15) is 23.7 Å². The molecule has 3 nitrogen and oxygen atoms in total. The number of benzene rings is 1. The van der Waals surface area contributed by atoms with Crippen molar-refractivity contribution in [2.45, 2.75) is 30.4 Å². The van der Waals surface area contributed by atoms with Crippen LogP contribution in [0.5, 0.6) is 5.75 Å². The number of furan rings is 1. The molecule has 0 aliphatic carbocycles. The molecule has 0 radical (unpaired) electrons. The Balaban J connectivity index is 1.83. The number of nitrogens with one attached hydrogen (secondary N) is 1. The molecule has 0 spiro atoms. The third-order valence-corrected chi connectivity index (χ3v) is 5.24. The van der Waals surface area contributed by atoms with Crippen LogP contribution in [0, 0.1) is 0 Å². The number of halogens is 1. The van der Waals surface area contributed by atoms with E-state index in [1.807, 2.05) is 36.0 Å². The van der Waals surface area contributed by atoms with Crippen LogP contribution in [0.3, 0.4) is 0 Å². The minimum atomic E-state index is 0.0511. The molecule has 0 fully saturated rings. The van der Waals surface area contributed by atoms with E-state index in [0.29, 0.717) is 0 Å². The van der Waals surface area contributed by atoms with Crippen molar-refractivity contribution in [3.8, 4) is 5.75 Å². The Morgan fingerprint density at radius 2 is 2.24 bits per heavy atom. The van der Waals surface area contributed by atoms with Gasteiger partial charge < -0.3 is 14.5 Å². The minimum Gasteiger partial charge on any atom is -0.486 e. The fraction of sp³-hybridized carbons (Fsp3) is 0.375. The van der Waals surface area contributed by atoms with Crippen LogP contribution in [0.2, 0.25) is 0 Å². The SMILES string of the molecule is CCCNC(c1occc1Br)C1CSc2ccccc2O1. The molecule has 2 aromatic rings. The van der Waals surface area contributed by atoms with Crippen LogP contribution < -0.4 is 10.1 Å². The molecule has 0 amide bonds. The van der Waals surface area contributed by atoms with E-state index < -0.39 is 0 Å². The van der Waals surface area contributed by atoms with E-state index in [-0.39, 0.29) is 12.1 Å². The van der Waals surface area contributed by atoms with Crippen LogP contribution in [0.15, 0.2) is 50.4 Å². The first kappa shape index (κ1) is 15.0. The zero-order chi connectivity index (χ0) is 14.7. The summed E-state index contributed by atoms with van der Waals surface area (Å²) in [6.07, 6.45) is 2.84. The summed E-state index contributed by atoms with van der Waals surface area (Å²) >= 11 is 5.40. The molecule has 5 heteroatoms. The van der Waals surface area contributed by atoms with Gasteiger partial charge in [0.2, 0.25) is 0 Å². The quantitative estimate of drug-likeness (QED) is 0.834. The number of para-hydroxylation sites is 1. The molecule has 1 N–H and O–H groups in total. The molecule has 112 valence electrons. The normalized spacial score (nSPS) is 18.9. The second kappa shape index (κ2) is 6.90. The highest BCUT2D eigenvalue weighted by Gasteiger charge is 2.32. The van der Waals surface area contributed by atoms with E-state index in [1.54, 1.807) is 6.26 Å². The third-order valence-electron chi connectivity index (χ3n) is 3.44. The summed E-state index contributed by atoms with van der Waals surface area (Å²) in [5, 5.41) is 3.55. The largest absolute Gasteiger partial charge is 0.486 e. The van der Waals surface area contributed by atoms with E-state index in [9.17, 15) is 0 Å². The predicted octanol–water partition coefficient (Wildman–Crippen LogP) is 4.64. The van der Waals surface area contributed by atoms with Crippen LogP contribution in [0.25, 0.3) is 0 Å². The first-order valence-corrected chi connectivity index (χ1v) is 8.92. The Morgan fingerprint density at radius 3 is 3.00 bits per heavy atom. The Morgan fingerprint density at radius 1 is 1.38 bits per heavy atom. The van der Waals surface area contributed by atoms with Crippen molar-refractivity contribution in [3.63, 3.8) is 0 Å². The molecule has 0 saturated heterocycles. The van der Waals surface area contributed by atoms with E-state index in [1.165, 1.54) is 4.90 Å². The molecule has 1 aromatic carbocycles. The van der Waals surface area contributed by atoms with Crippen molar-refractivity contribution < 1.29 is 9.15 Å². The van der Waals surface area contributed by atoms with E-state index >= 15 is 0 Å². The van der Waals surface area contributed by atoms with Gasteiger partial charge in [0, 0.05) is 10.6 Å². The van der Waals surface area contributed by atoms with E-state index in [0.717, 1.165) is 34.7 Å². The molecule has 3 rings (SSSR count). The summed E-state index contributed by atoms with van der Waals surface area (Å²) in [7, 11) is 0. The molecule has 1 aliphatic heterocycles. The molecular weight excluding hydrogens is 350 g/mol.